The third-order valence-corrected chi connectivity index (χ3v) is 3.93. The van der Waals surface area contributed by atoms with E-state index in [0.717, 1.165) is 0 Å². The molecular weight excluding hydrogens is 240 g/mol. The number of thioether (sulfide) groups is 1. The Hall–Kier alpha value is -1.54. The van der Waals surface area contributed by atoms with Crippen LogP contribution >= 0.6 is 11.8 Å². The zero-order chi connectivity index (χ0) is 12.8. The van der Waals surface area contributed by atoms with Crippen LogP contribution < -0.4 is 0 Å². The fraction of sp³-hybridized carbons (Fsp3) is 0.188. The maximum atomic E-state index is 11.4. The highest BCUT2D eigenvalue weighted by molar-refractivity contribution is 7.99. The number of hydrogen-bond acceptors (Lipinski definition) is 2. The Labute approximate surface area is 112 Å². The number of carbonyl (C=O) groups is 1. The molecule has 2 rings (SSSR count). The van der Waals surface area contributed by atoms with E-state index in [9.17, 15) is 4.79 Å². The summed E-state index contributed by atoms with van der Waals surface area (Å²) < 4.78 is 0. The van der Waals surface area contributed by atoms with Crippen LogP contribution in [0.1, 0.15) is 24.2 Å². The SMILES string of the molecule is CC(=O)C[C@H](Sc1ccccc1)c1ccccc1. The summed E-state index contributed by atoms with van der Waals surface area (Å²) in [5.74, 6) is 0.229. The number of Topliss-reactive ketones (excluding diaryl/α,β-unsaturated/α-hetero) is 1. The molecule has 0 amide bonds. The minimum absolute atomic E-state index is 0.200. The fourth-order valence-electron chi connectivity index (χ4n) is 1.82. The summed E-state index contributed by atoms with van der Waals surface area (Å²) in [6, 6.07) is 20.4. The van der Waals surface area contributed by atoms with Gasteiger partial charge in [0.15, 0.2) is 0 Å². The molecule has 0 aliphatic rings. The average molecular weight is 256 g/mol. The molecule has 0 heterocycles. The van der Waals surface area contributed by atoms with Gasteiger partial charge in [-0.1, -0.05) is 48.5 Å². The first-order valence-corrected chi connectivity index (χ1v) is 6.90. The Morgan fingerprint density at radius 1 is 1.00 bits per heavy atom. The van der Waals surface area contributed by atoms with E-state index < -0.39 is 0 Å². The van der Waals surface area contributed by atoms with Crippen LogP contribution in [-0.4, -0.2) is 5.78 Å². The summed E-state index contributed by atoms with van der Waals surface area (Å²) in [6.07, 6.45) is 0.573. The van der Waals surface area contributed by atoms with Gasteiger partial charge in [0, 0.05) is 16.6 Å². The standard InChI is InChI=1S/C16H16OS/c1-13(17)12-16(14-8-4-2-5-9-14)18-15-10-6-3-7-11-15/h2-11,16H,12H2,1H3/t16-/m0/s1. The molecule has 0 aliphatic carbocycles. The third-order valence-electron chi connectivity index (χ3n) is 2.67. The lowest BCUT2D eigenvalue weighted by atomic mass is 10.1. The van der Waals surface area contributed by atoms with E-state index in [4.69, 9.17) is 0 Å². The number of benzene rings is 2. The molecule has 0 fully saturated rings. The molecule has 2 aromatic rings. The number of ketones is 1. The molecule has 0 saturated carbocycles. The van der Waals surface area contributed by atoms with Crippen molar-refractivity contribution in [3.63, 3.8) is 0 Å². The zero-order valence-corrected chi connectivity index (χ0v) is 11.2. The predicted molar refractivity (Wildman–Crippen MR) is 76.8 cm³/mol. The van der Waals surface area contributed by atoms with Gasteiger partial charge in [-0.25, -0.2) is 0 Å². The maximum absolute atomic E-state index is 11.4. The second kappa shape index (κ2) is 6.41. The van der Waals surface area contributed by atoms with Crippen LogP contribution in [0.15, 0.2) is 65.6 Å². The molecule has 0 unspecified atom stereocenters. The Morgan fingerprint density at radius 3 is 2.11 bits per heavy atom. The number of carbonyl (C=O) groups excluding carboxylic acids is 1. The molecule has 0 radical (unpaired) electrons. The second-order valence-corrected chi connectivity index (χ2v) is 5.51. The highest BCUT2D eigenvalue weighted by Crippen LogP contribution is 2.37. The quantitative estimate of drug-likeness (QED) is 0.733. The smallest absolute Gasteiger partial charge is 0.131 e. The molecule has 0 N–H and O–H groups in total. The largest absolute Gasteiger partial charge is 0.300 e. The van der Waals surface area contributed by atoms with Gasteiger partial charge in [0.25, 0.3) is 0 Å². The van der Waals surface area contributed by atoms with Crippen LogP contribution in [0.25, 0.3) is 0 Å². The van der Waals surface area contributed by atoms with Crippen LogP contribution in [0.2, 0.25) is 0 Å². The summed E-state index contributed by atoms with van der Waals surface area (Å²) in [6.45, 7) is 1.65. The van der Waals surface area contributed by atoms with Crippen molar-refractivity contribution in [1.82, 2.24) is 0 Å². The van der Waals surface area contributed by atoms with Crippen molar-refractivity contribution in [2.45, 2.75) is 23.5 Å². The molecule has 2 heteroatoms. The summed E-state index contributed by atoms with van der Waals surface area (Å²) in [4.78, 5) is 12.6. The van der Waals surface area contributed by atoms with E-state index in [1.807, 2.05) is 36.4 Å². The lowest BCUT2D eigenvalue weighted by molar-refractivity contribution is -0.117. The topological polar surface area (TPSA) is 17.1 Å². The summed E-state index contributed by atoms with van der Waals surface area (Å²) in [5, 5.41) is 0.200. The Morgan fingerprint density at radius 2 is 1.56 bits per heavy atom. The molecule has 92 valence electrons. The summed E-state index contributed by atoms with van der Waals surface area (Å²) in [7, 11) is 0. The van der Waals surface area contributed by atoms with E-state index in [0.29, 0.717) is 6.42 Å². The van der Waals surface area contributed by atoms with Crippen molar-refractivity contribution >= 4 is 17.5 Å². The van der Waals surface area contributed by atoms with Crippen molar-refractivity contribution in [1.29, 1.82) is 0 Å². The van der Waals surface area contributed by atoms with Gasteiger partial charge in [0.2, 0.25) is 0 Å². The van der Waals surface area contributed by atoms with Crippen molar-refractivity contribution < 1.29 is 4.79 Å². The number of rotatable bonds is 5. The Bertz CT molecular complexity index is 493. The first-order valence-electron chi connectivity index (χ1n) is 6.02. The van der Waals surface area contributed by atoms with Gasteiger partial charge in [0.1, 0.15) is 5.78 Å². The molecular formula is C16H16OS. The molecule has 1 nitrogen and oxygen atoms in total. The molecule has 0 aliphatic heterocycles. The molecule has 0 bridgehead atoms. The predicted octanol–water partition coefficient (Wildman–Crippen LogP) is 4.50. The average Bonchev–Trinajstić information content (AvgIpc) is 2.40. The fourth-order valence-corrected chi connectivity index (χ4v) is 3.07. The maximum Gasteiger partial charge on any atom is 0.131 e. The van der Waals surface area contributed by atoms with E-state index >= 15 is 0 Å². The zero-order valence-electron chi connectivity index (χ0n) is 10.4. The minimum atomic E-state index is 0.200. The lowest BCUT2D eigenvalue weighted by Gasteiger charge is -2.15. The van der Waals surface area contributed by atoms with Crippen molar-refractivity contribution in [2.75, 3.05) is 0 Å². The van der Waals surface area contributed by atoms with E-state index in [1.165, 1.54) is 10.5 Å². The highest BCUT2D eigenvalue weighted by atomic mass is 32.2. The van der Waals surface area contributed by atoms with Crippen molar-refractivity contribution in [3.05, 3.63) is 66.2 Å². The first kappa shape index (κ1) is 12.9. The van der Waals surface area contributed by atoms with E-state index in [1.54, 1.807) is 18.7 Å². The normalized spacial score (nSPS) is 12.1. The van der Waals surface area contributed by atoms with Crippen LogP contribution in [0.5, 0.6) is 0 Å². The first-order chi connectivity index (χ1) is 8.75. The highest BCUT2D eigenvalue weighted by Gasteiger charge is 2.14. The van der Waals surface area contributed by atoms with Gasteiger partial charge < -0.3 is 0 Å². The second-order valence-electron chi connectivity index (χ2n) is 4.24. The summed E-state index contributed by atoms with van der Waals surface area (Å²) >= 11 is 1.75. The van der Waals surface area contributed by atoms with Gasteiger partial charge >= 0.3 is 0 Å². The molecule has 2 aromatic carbocycles. The van der Waals surface area contributed by atoms with E-state index in [2.05, 4.69) is 24.3 Å². The lowest BCUT2D eigenvalue weighted by Crippen LogP contribution is -2.00. The van der Waals surface area contributed by atoms with Crippen LogP contribution in [0.3, 0.4) is 0 Å². The molecule has 1 atom stereocenters. The molecule has 0 aromatic heterocycles. The van der Waals surface area contributed by atoms with Gasteiger partial charge in [-0.15, -0.1) is 11.8 Å². The Kier molecular flexibility index (Phi) is 4.59. The van der Waals surface area contributed by atoms with Gasteiger partial charge in [-0.05, 0) is 24.6 Å². The third kappa shape index (κ3) is 3.74. The van der Waals surface area contributed by atoms with Crippen LogP contribution in [0.4, 0.5) is 0 Å². The van der Waals surface area contributed by atoms with Crippen molar-refractivity contribution in [2.24, 2.45) is 0 Å². The van der Waals surface area contributed by atoms with E-state index in [-0.39, 0.29) is 11.0 Å². The van der Waals surface area contributed by atoms with Gasteiger partial charge in [0.05, 0.1) is 0 Å². The minimum Gasteiger partial charge on any atom is -0.300 e. The Balaban J connectivity index is 2.18. The van der Waals surface area contributed by atoms with Crippen LogP contribution in [-0.2, 0) is 4.79 Å². The van der Waals surface area contributed by atoms with Crippen molar-refractivity contribution in [3.8, 4) is 0 Å². The monoisotopic (exact) mass is 256 g/mol. The molecule has 18 heavy (non-hydrogen) atoms. The van der Waals surface area contributed by atoms with Gasteiger partial charge in [-0.2, -0.15) is 0 Å². The molecule has 0 saturated heterocycles. The van der Waals surface area contributed by atoms with Crippen LogP contribution in [0, 0.1) is 0 Å². The number of hydrogen-bond donors (Lipinski definition) is 0. The molecule has 0 spiro atoms. The van der Waals surface area contributed by atoms with Gasteiger partial charge in [-0.3, -0.25) is 4.79 Å². The summed E-state index contributed by atoms with van der Waals surface area (Å²) in [5.41, 5.74) is 1.21.